The summed E-state index contributed by atoms with van der Waals surface area (Å²) < 4.78 is 10.7. The van der Waals surface area contributed by atoms with Crippen molar-refractivity contribution in [2.45, 2.75) is 19.1 Å². The molecule has 0 saturated heterocycles. The zero-order valence-corrected chi connectivity index (χ0v) is 8.40. The van der Waals surface area contributed by atoms with Crippen molar-refractivity contribution in [3.8, 4) is 0 Å². The maximum absolute atomic E-state index is 5.53. The molecule has 64 valence electrons. The van der Waals surface area contributed by atoms with E-state index in [9.17, 15) is 0 Å². The quantitative estimate of drug-likeness (QED) is 0.448. The molecule has 0 aliphatic carbocycles. The van der Waals surface area contributed by atoms with E-state index < -0.39 is 9.28 Å². The average Bonchev–Trinajstić information content (AvgIpc) is 2.07. The Kier molecular flexibility index (Phi) is 6.11. The van der Waals surface area contributed by atoms with Gasteiger partial charge in [-0.15, -0.1) is 13.2 Å². The van der Waals surface area contributed by atoms with Crippen molar-refractivity contribution in [1.29, 1.82) is 0 Å². The highest BCUT2D eigenvalue weighted by Crippen LogP contribution is 2.01. The Balaban J connectivity index is 3.76. The van der Waals surface area contributed by atoms with Crippen LogP contribution in [-0.2, 0) is 8.85 Å². The summed E-state index contributed by atoms with van der Waals surface area (Å²) in [5, 5.41) is 0. The minimum Gasteiger partial charge on any atom is -0.400 e. The van der Waals surface area contributed by atoms with Crippen molar-refractivity contribution >= 4 is 9.28 Å². The summed E-state index contributed by atoms with van der Waals surface area (Å²) in [7, 11) is 0.256. The maximum Gasteiger partial charge on any atom is 0.321 e. The fourth-order valence-electron chi connectivity index (χ4n) is 0.701. The third kappa shape index (κ3) is 4.13. The van der Waals surface area contributed by atoms with E-state index in [0.29, 0.717) is 0 Å². The molecular formula is C8H16O2Si. The molecule has 0 rings (SSSR count). The van der Waals surface area contributed by atoms with Crippen LogP contribution >= 0.6 is 0 Å². The van der Waals surface area contributed by atoms with Gasteiger partial charge in [0.05, 0.1) is 6.10 Å². The second kappa shape index (κ2) is 6.33. The van der Waals surface area contributed by atoms with Crippen LogP contribution in [0.1, 0.15) is 6.92 Å². The topological polar surface area (TPSA) is 18.5 Å². The van der Waals surface area contributed by atoms with Gasteiger partial charge in [-0.2, -0.15) is 0 Å². The molecule has 0 radical (unpaired) electrons. The van der Waals surface area contributed by atoms with E-state index in [1.54, 1.807) is 19.3 Å². The van der Waals surface area contributed by atoms with Gasteiger partial charge in [0.25, 0.3) is 0 Å². The highest BCUT2D eigenvalue weighted by molar-refractivity contribution is 6.44. The average molecular weight is 172 g/mol. The third-order valence-electron chi connectivity index (χ3n) is 1.37. The lowest BCUT2D eigenvalue weighted by atomic mass is 10.4. The van der Waals surface area contributed by atoms with E-state index in [0.717, 1.165) is 6.04 Å². The Morgan fingerprint density at radius 3 is 2.27 bits per heavy atom. The van der Waals surface area contributed by atoms with Gasteiger partial charge in [-0.1, -0.05) is 19.1 Å². The summed E-state index contributed by atoms with van der Waals surface area (Å²) in [6.45, 7) is 9.31. The normalized spacial score (nSPS) is 13.0. The van der Waals surface area contributed by atoms with Gasteiger partial charge in [0, 0.05) is 7.11 Å². The Bertz CT molecular complexity index is 113. The highest BCUT2D eigenvalue weighted by Gasteiger charge is 2.11. The third-order valence-corrected chi connectivity index (χ3v) is 3.18. The molecule has 0 aromatic heterocycles. The molecule has 0 spiro atoms. The molecule has 0 aromatic rings. The number of rotatable bonds is 6. The van der Waals surface area contributed by atoms with Crippen molar-refractivity contribution in [3.63, 3.8) is 0 Å². The van der Waals surface area contributed by atoms with Crippen molar-refractivity contribution < 1.29 is 8.85 Å². The predicted octanol–water partition coefficient (Wildman–Crippen LogP) is 1.63. The maximum atomic E-state index is 5.53. The lowest BCUT2D eigenvalue weighted by molar-refractivity contribution is 0.215. The monoisotopic (exact) mass is 172 g/mol. The van der Waals surface area contributed by atoms with Crippen molar-refractivity contribution in [1.82, 2.24) is 0 Å². The minimum absolute atomic E-state index is 0.0495. The molecule has 1 unspecified atom stereocenters. The van der Waals surface area contributed by atoms with Crippen molar-refractivity contribution in [2.75, 3.05) is 7.11 Å². The molecule has 0 amide bonds. The highest BCUT2D eigenvalue weighted by atomic mass is 28.3. The molecule has 0 fully saturated rings. The lowest BCUT2D eigenvalue weighted by Crippen LogP contribution is -2.24. The van der Waals surface area contributed by atoms with Gasteiger partial charge in [-0.25, -0.2) is 0 Å². The van der Waals surface area contributed by atoms with Gasteiger partial charge < -0.3 is 8.85 Å². The summed E-state index contributed by atoms with van der Waals surface area (Å²) >= 11 is 0. The summed E-state index contributed by atoms with van der Waals surface area (Å²) in [5.74, 6) is 0. The second-order valence-electron chi connectivity index (χ2n) is 2.15. The first-order chi connectivity index (χ1) is 5.28. The number of hydrogen-bond acceptors (Lipinski definition) is 2. The van der Waals surface area contributed by atoms with Gasteiger partial charge in [-0.3, -0.25) is 0 Å². The zero-order valence-electron chi connectivity index (χ0n) is 7.25. The van der Waals surface area contributed by atoms with Crippen LogP contribution in [0.25, 0.3) is 0 Å². The van der Waals surface area contributed by atoms with Gasteiger partial charge in [0.2, 0.25) is 0 Å². The fourth-order valence-corrected chi connectivity index (χ4v) is 1.91. The molecule has 1 atom stereocenters. The van der Waals surface area contributed by atoms with E-state index in [2.05, 4.69) is 20.1 Å². The van der Waals surface area contributed by atoms with Crippen LogP contribution in [0.3, 0.4) is 0 Å². The van der Waals surface area contributed by atoms with Gasteiger partial charge in [-0.05, 0) is 6.04 Å². The van der Waals surface area contributed by atoms with E-state index in [1.165, 1.54) is 0 Å². The molecule has 0 aliphatic rings. The summed E-state index contributed by atoms with van der Waals surface area (Å²) in [6, 6.07) is 0.967. The first-order valence-corrected chi connectivity index (χ1v) is 5.47. The predicted molar refractivity (Wildman–Crippen MR) is 49.9 cm³/mol. The smallest absolute Gasteiger partial charge is 0.321 e. The van der Waals surface area contributed by atoms with Crippen LogP contribution in [0.5, 0.6) is 0 Å². The fraction of sp³-hybridized carbons (Fsp3) is 0.500. The molecule has 3 heteroatoms. The van der Waals surface area contributed by atoms with E-state index in [1.807, 2.05) is 0 Å². The van der Waals surface area contributed by atoms with Crippen LogP contribution in [0.15, 0.2) is 25.3 Å². The molecule has 0 heterocycles. The first-order valence-electron chi connectivity index (χ1n) is 3.71. The molecule has 0 aromatic carbocycles. The van der Waals surface area contributed by atoms with E-state index in [4.69, 9.17) is 8.85 Å². The summed E-state index contributed by atoms with van der Waals surface area (Å²) in [4.78, 5) is 0. The molecule has 0 N–H and O–H groups in total. The lowest BCUT2D eigenvalue weighted by Gasteiger charge is -2.15. The first kappa shape index (κ1) is 10.6. The Morgan fingerprint density at radius 1 is 1.45 bits per heavy atom. The van der Waals surface area contributed by atoms with Gasteiger partial charge in [0.15, 0.2) is 0 Å². The molecule has 11 heavy (non-hydrogen) atoms. The van der Waals surface area contributed by atoms with Gasteiger partial charge in [0.1, 0.15) is 0 Å². The molecule has 0 saturated carbocycles. The van der Waals surface area contributed by atoms with Crippen LogP contribution in [0.4, 0.5) is 0 Å². The zero-order chi connectivity index (χ0) is 8.69. The minimum atomic E-state index is -1.43. The van der Waals surface area contributed by atoms with Gasteiger partial charge >= 0.3 is 9.28 Å². The molecule has 2 nitrogen and oxygen atoms in total. The van der Waals surface area contributed by atoms with Crippen molar-refractivity contribution in [2.24, 2.45) is 0 Å². The van der Waals surface area contributed by atoms with Crippen LogP contribution in [0.2, 0.25) is 6.04 Å². The SMILES string of the molecule is C=CC(C=C)O[SiH](CC)OC. The van der Waals surface area contributed by atoms with Crippen LogP contribution in [0, 0.1) is 0 Å². The Morgan fingerprint density at radius 2 is 2.00 bits per heavy atom. The summed E-state index contributed by atoms with van der Waals surface area (Å²) in [6.07, 6.45) is 3.40. The Hall–Kier alpha value is -0.383. The van der Waals surface area contributed by atoms with Crippen LogP contribution < -0.4 is 0 Å². The molecule has 0 aliphatic heterocycles. The largest absolute Gasteiger partial charge is 0.400 e. The number of hydrogen-bond donors (Lipinski definition) is 0. The summed E-state index contributed by atoms with van der Waals surface area (Å²) in [5.41, 5.74) is 0. The van der Waals surface area contributed by atoms with E-state index >= 15 is 0 Å². The van der Waals surface area contributed by atoms with Crippen LogP contribution in [-0.4, -0.2) is 22.5 Å². The molecule has 0 bridgehead atoms. The van der Waals surface area contributed by atoms with Crippen molar-refractivity contribution in [3.05, 3.63) is 25.3 Å². The van der Waals surface area contributed by atoms with E-state index in [-0.39, 0.29) is 6.10 Å². The molecular weight excluding hydrogens is 156 g/mol. The standard InChI is InChI=1S/C8H16O2Si/c1-5-8(6-2)10-11(7-3)9-4/h5-6,8,11H,1-2,7H2,3-4H3. The Labute approximate surface area is 70.4 Å². The second-order valence-corrected chi connectivity index (χ2v) is 4.56.